The summed E-state index contributed by atoms with van der Waals surface area (Å²) in [7, 11) is 2.08. The normalized spacial score (nSPS) is 11.1. The number of anilines is 1. The summed E-state index contributed by atoms with van der Waals surface area (Å²) in [6, 6.07) is 0.509. The van der Waals surface area contributed by atoms with Crippen molar-refractivity contribution in [2.75, 3.05) is 32.1 Å². The van der Waals surface area contributed by atoms with Crippen molar-refractivity contribution in [2.45, 2.75) is 33.7 Å². The van der Waals surface area contributed by atoms with E-state index in [-0.39, 0.29) is 5.97 Å². The van der Waals surface area contributed by atoms with Gasteiger partial charge >= 0.3 is 5.97 Å². The minimum Gasteiger partial charge on any atom is -0.462 e. The fourth-order valence-electron chi connectivity index (χ4n) is 1.54. The highest BCUT2D eigenvalue weighted by Crippen LogP contribution is 2.25. The van der Waals surface area contributed by atoms with E-state index in [2.05, 4.69) is 35.5 Å². The van der Waals surface area contributed by atoms with Gasteiger partial charge in [-0.05, 0) is 46.3 Å². The van der Waals surface area contributed by atoms with E-state index in [1.165, 1.54) is 11.5 Å². The van der Waals surface area contributed by atoms with Crippen LogP contribution < -0.4 is 5.32 Å². The summed E-state index contributed by atoms with van der Waals surface area (Å²) in [6.07, 6.45) is 0. The van der Waals surface area contributed by atoms with E-state index in [4.69, 9.17) is 4.74 Å². The summed E-state index contributed by atoms with van der Waals surface area (Å²) in [5.74, 6) is -0.298. The second kappa shape index (κ2) is 7.45. The topological polar surface area (TPSA) is 54.5 Å². The number of aromatic nitrogens is 1. The molecule has 1 aromatic heterocycles. The number of rotatable bonds is 7. The SMILES string of the molecule is CCOC(=O)c1c(C)nsc1NCCN(C)C(C)C. The lowest BCUT2D eigenvalue weighted by atomic mass is 10.2. The number of esters is 1. The van der Waals surface area contributed by atoms with Crippen molar-refractivity contribution in [3.63, 3.8) is 0 Å². The molecule has 0 aliphatic carbocycles. The zero-order valence-corrected chi connectivity index (χ0v) is 13.1. The van der Waals surface area contributed by atoms with Gasteiger partial charge in [0.15, 0.2) is 0 Å². The van der Waals surface area contributed by atoms with Crippen LogP contribution in [0.5, 0.6) is 0 Å². The number of carbonyl (C=O) groups is 1. The number of nitrogens with one attached hydrogen (secondary N) is 1. The Morgan fingerprint density at radius 3 is 2.79 bits per heavy atom. The second-order valence-corrected chi connectivity index (χ2v) is 5.47. The van der Waals surface area contributed by atoms with Gasteiger partial charge in [0.2, 0.25) is 0 Å². The van der Waals surface area contributed by atoms with Crippen LogP contribution in [-0.2, 0) is 4.74 Å². The Morgan fingerprint density at radius 1 is 1.53 bits per heavy atom. The van der Waals surface area contributed by atoms with Gasteiger partial charge in [-0.15, -0.1) is 0 Å². The minimum atomic E-state index is -0.298. The smallest absolute Gasteiger partial charge is 0.343 e. The van der Waals surface area contributed by atoms with Crippen LogP contribution in [0.3, 0.4) is 0 Å². The van der Waals surface area contributed by atoms with Gasteiger partial charge in [-0.25, -0.2) is 4.79 Å². The molecule has 108 valence electrons. The predicted molar refractivity (Wildman–Crippen MR) is 79.1 cm³/mol. The molecule has 0 unspecified atom stereocenters. The van der Waals surface area contributed by atoms with Crippen LogP contribution in [0, 0.1) is 6.92 Å². The first-order valence-corrected chi connectivity index (χ1v) is 7.32. The summed E-state index contributed by atoms with van der Waals surface area (Å²) in [5, 5.41) is 4.07. The molecule has 0 saturated carbocycles. The van der Waals surface area contributed by atoms with Crippen molar-refractivity contribution in [1.82, 2.24) is 9.27 Å². The third kappa shape index (κ3) is 4.47. The molecule has 0 radical (unpaired) electrons. The van der Waals surface area contributed by atoms with Crippen molar-refractivity contribution in [3.05, 3.63) is 11.3 Å². The highest BCUT2D eigenvalue weighted by atomic mass is 32.1. The van der Waals surface area contributed by atoms with Crippen LogP contribution in [0.25, 0.3) is 0 Å². The molecule has 0 spiro atoms. The van der Waals surface area contributed by atoms with Crippen LogP contribution in [0.1, 0.15) is 36.8 Å². The van der Waals surface area contributed by atoms with Gasteiger partial charge in [0.1, 0.15) is 10.6 Å². The first-order chi connectivity index (χ1) is 8.97. The molecule has 1 aromatic rings. The number of nitrogens with zero attached hydrogens (tertiary/aromatic N) is 2. The minimum absolute atomic E-state index is 0.298. The Balaban J connectivity index is 2.62. The first-order valence-electron chi connectivity index (χ1n) is 6.54. The molecule has 0 aliphatic rings. The lowest BCUT2D eigenvalue weighted by Crippen LogP contribution is -2.31. The van der Waals surface area contributed by atoms with Gasteiger partial charge in [0, 0.05) is 19.1 Å². The van der Waals surface area contributed by atoms with Crippen molar-refractivity contribution >= 4 is 22.5 Å². The number of hydrogen-bond donors (Lipinski definition) is 1. The standard InChI is InChI=1S/C13H23N3O2S/c1-6-18-13(17)11-10(4)15-19-12(11)14-7-8-16(5)9(2)3/h9,14H,6-8H2,1-5H3. The van der Waals surface area contributed by atoms with Crippen LogP contribution >= 0.6 is 11.5 Å². The largest absolute Gasteiger partial charge is 0.462 e. The Labute approximate surface area is 119 Å². The quantitative estimate of drug-likeness (QED) is 0.780. The van der Waals surface area contributed by atoms with E-state index >= 15 is 0 Å². The summed E-state index contributed by atoms with van der Waals surface area (Å²) in [4.78, 5) is 14.1. The molecular weight excluding hydrogens is 262 g/mol. The van der Waals surface area contributed by atoms with Gasteiger partial charge in [-0.2, -0.15) is 4.37 Å². The maximum absolute atomic E-state index is 11.8. The Hall–Kier alpha value is -1.14. The molecule has 0 amide bonds. The van der Waals surface area contributed by atoms with Crippen molar-refractivity contribution in [1.29, 1.82) is 0 Å². The highest BCUT2D eigenvalue weighted by molar-refractivity contribution is 7.10. The molecule has 6 heteroatoms. The zero-order valence-electron chi connectivity index (χ0n) is 12.3. The maximum atomic E-state index is 11.8. The van der Waals surface area contributed by atoms with E-state index < -0.39 is 0 Å². The number of hydrogen-bond acceptors (Lipinski definition) is 6. The summed E-state index contributed by atoms with van der Waals surface area (Å²) >= 11 is 1.31. The molecule has 5 nitrogen and oxygen atoms in total. The Morgan fingerprint density at radius 2 is 2.21 bits per heavy atom. The third-order valence-electron chi connectivity index (χ3n) is 2.97. The highest BCUT2D eigenvalue weighted by Gasteiger charge is 2.19. The number of likely N-dealkylation sites (N-methyl/N-ethyl adjacent to an activating group) is 1. The van der Waals surface area contributed by atoms with Crippen LogP contribution in [0.4, 0.5) is 5.00 Å². The number of ether oxygens (including phenoxy) is 1. The lowest BCUT2D eigenvalue weighted by molar-refractivity contribution is 0.0527. The second-order valence-electron chi connectivity index (χ2n) is 4.69. The molecule has 0 bridgehead atoms. The van der Waals surface area contributed by atoms with Crippen molar-refractivity contribution < 1.29 is 9.53 Å². The van der Waals surface area contributed by atoms with Gasteiger partial charge in [0.05, 0.1) is 12.3 Å². The van der Waals surface area contributed by atoms with Crippen LogP contribution in [-0.4, -0.2) is 48.0 Å². The van der Waals surface area contributed by atoms with Crippen molar-refractivity contribution in [3.8, 4) is 0 Å². The molecule has 0 saturated heterocycles. The van der Waals surface area contributed by atoms with Gasteiger partial charge < -0.3 is 15.0 Å². The molecule has 0 fully saturated rings. The van der Waals surface area contributed by atoms with Gasteiger partial charge in [0.25, 0.3) is 0 Å². The van der Waals surface area contributed by atoms with Crippen LogP contribution in [0.2, 0.25) is 0 Å². The average molecular weight is 285 g/mol. The monoisotopic (exact) mass is 285 g/mol. The van der Waals surface area contributed by atoms with Crippen LogP contribution in [0.15, 0.2) is 0 Å². The van der Waals surface area contributed by atoms with E-state index in [9.17, 15) is 4.79 Å². The first kappa shape index (κ1) is 15.9. The molecule has 0 atom stereocenters. The number of carbonyl (C=O) groups excluding carboxylic acids is 1. The summed E-state index contributed by atoms with van der Waals surface area (Å²) in [6.45, 7) is 10.0. The fourth-order valence-corrected chi connectivity index (χ4v) is 2.35. The molecule has 1 rings (SSSR count). The molecule has 19 heavy (non-hydrogen) atoms. The average Bonchev–Trinajstić information content (AvgIpc) is 2.70. The van der Waals surface area contributed by atoms with Gasteiger partial charge in [-0.3, -0.25) is 0 Å². The fraction of sp³-hybridized carbons (Fsp3) is 0.692. The van der Waals surface area contributed by atoms with E-state index in [1.807, 2.05) is 6.92 Å². The lowest BCUT2D eigenvalue weighted by Gasteiger charge is -2.21. The molecule has 0 aliphatic heterocycles. The maximum Gasteiger partial charge on any atom is 0.343 e. The van der Waals surface area contributed by atoms with Gasteiger partial charge in [-0.1, -0.05) is 0 Å². The molecular formula is C13H23N3O2S. The van der Waals surface area contributed by atoms with Crippen molar-refractivity contribution in [2.24, 2.45) is 0 Å². The summed E-state index contributed by atoms with van der Waals surface area (Å²) in [5.41, 5.74) is 1.29. The predicted octanol–water partition coefficient (Wildman–Crippen LogP) is 2.38. The Kier molecular flexibility index (Phi) is 6.24. The van der Waals surface area contributed by atoms with E-state index in [0.29, 0.717) is 18.2 Å². The van der Waals surface area contributed by atoms with E-state index in [0.717, 1.165) is 23.8 Å². The van der Waals surface area contributed by atoms with E-state index in [1.54, 1.807) is 6.92 Å². The Bertz CT molecular complexity index is 418. The molecule has 1 heterocycles. The number of aryl methyl sites for hydroxylation is 1. The molecule has 1 N–H and O–H groups in total. The zero-order chi connectivity index (χ0) is 14.4. The third-order valence-corrected chi connectivity index (χ3v) is 3.87. The summed E-state index contributed by atoms with van der Waals surface area (Å²) < 4.78 is 9.27. The molecule has 0 aromatic carbocycles.